The molecule has 3 aromatic carbocycles. The first-order valence-electron chi connectivity index (χ1n) is 26.7. The van der Waals surface area contributed by atoms with Gasteiger partial charge >= 0.3 is 0 Å². The number of carbonyl (C=O) groups excluding carboxylic acids is 1. The van der Waals surface area contributed by atoms with Crippen molar-refractivity contribution in [2.24, 2.45) is 11.3 Å². The number of nitro benzene ring substituents is 1. The van der Waals surface area contributed by atoms with E-state index in [2.05, 4.69) is 85.0 Å². The molecule has 5 aliphatic rings. The number of rotatable bonds is 16. The van der Waals surface area contributed by atoms with E-state index < -0.39 is 43.8 Å². The van der Waals surface area contributed by atoms with Crippen LogP contribution in [0.1, 0.15) is 111 Å². The highest BCUT2D eigenvalue weighted by atomic mass is 32.2. The van der Waals surface area contributed by atoms with E-state index in [0.717, 1.165) is 82.2 Å². The summed E-state index contributed by atoms with van der Waals surface area (Å²) >= 11 is 0. The van der Waals surface area contributed by atoms with Crippen molar-refractivity contribution in [2.45, 2.75) is 107 Å². The normalized spacial score (nSPS) is 21.8. The maximum atomic E-state index is 14.3. The van der Waals surface area contributed by atoms with Crippen molar-refractivity contribution >= 4 is 44.2 Å². The zero-order chi connectivity index (χ0) is 53.6. The van der Waals surface area contributed by atoms with Crippen LogP contribution in [-0.4, -0.2) is 114 Å². The highest BCUT2D eigenvalue weighted by Crippen LogP contribution is 2.54. The molecule has 11 rings (SSSR count). The molecule has 0 bridgehead atoms. The van der Waals surface area contributed by atoms with Crippen molar-refractivity contribution in [3.8, 4) is 28.7 Å². The van der Waals surface area contributed by atoms with E-state index in [1.807, 2.05) is 18.2 Å². The summed E-state index contributed by atoms with van der Waals surface area (Å²) in [6.07, 6.45) is 11.3. The lowest BCUT2D eigenvalue weighted by molar-refractivity contribution is -0.384. The molecule has 1 amide bonds. The minimum Gasteiger partial charge on any atom is -0.497 e. The molecule has 3 aromatic heterocycles. The number of fused-ring (bicyclic) bond motifs is 2. The average molecular weight is 1070 g/mol. The molecule has 2 saturated carbocycles. The van der Waals surface area contributed by atoms with Gasteiger partial charge in [-0.05, 0) is 116 Å². The van der Waals surface area contributed by atoms with E-state index in [4.69, 9.17) is 23.9 Å². The predicted molar refractivity (Wildman–Crippen MR) is 290 cm³/mol. The van der Waals surface area contributed by atoms with Crippen LogP contribution in [-0.2, 0) is 16.6 Å². The van der Waals surface area contributed by atoms with Gasteiger partial charge in [-0.2, -0.15) is 0 Å². The Morgan fingerprint density at radius 1 is 0.948 bits per heavy atom. The van der Waals surface area contributed by atoms with Crippen LogP contribution in [0.4, 0.5) is 17.2 Å². The first-order chi connectivity index (χ1) is 37.0. The number of hydrogen-bond donors (Lipinski definition) is 4. The molecule has 19 nitrogen and oxygen atoms in total. The number of nitrogens with one attached hydrogen (secondary N) is 3. The number of aliphatic hydroxyl groups is 1. The molecule has 1 atom stereocenters. The lowest BCUT2D eigenvalue weighted by atomic mass is 9.59. The molecule has 6 heterocycles. The first-order valence-corrected chi connectivity index (χ1v) is 28.2. The third-order valence-electron chi connectivity index (χ3n) is 16.8. The van der Waals surface area contributed by atoms with Gasteiger partial charge in [0.1, 0.15) is 39.2 Å². The number of benzene rings is 3. The fraction of sp³-hybridized carbons (Fsp3) is 0.456. The number of carbonyl (C=O) groups is 1. The van der Waals surface area contributed by atoms with Crippen LogP contribution in [0.5, 0.6) is 28.7 Å². The van der Waals surface area contributed by atoms with Crippen LogP contribution in [0, 0.1) is 21.4 Å². The number of methoxy groups -OCH3 is 1. The Bertz CT molecular complexity index is 3270. The van der Waals surface area contributed by atoms with Crippen molar-refractivity contribution in [2.75, 3.05) is 63.4 Å². The van der Waals surface area contributed by atoms with Crippen LogP contribution >= 0.6 is 0 Å². The average Bonchev–Trinajstić information content (AvgIpc) is 4.18. The molecule has 3 aliphatic heterocycles. The fourth-order valence-electron chi connectivity index (χ4n) is 12.3. The van der Waals surface area contributed by atoms with Crippen molar-refractivity contribution in [3.63, 3.8) is 0 Å². The Kier molecular flexibility index (Phi) is 14.3. The van der Waals surface area contributed by atoms with Crippen LogP contribution < -0.4 is 33.9 Å². The second-order valence-electron chi connectivity index (χ2n) is 22.2. The molecule has 4 fully saturated rings. The Balaban J connectivity index is 0.801. The van der Waals surface area contributed by atoms with E-state index in [9.17, 15) is 28.4 Å². The van der Waals surface area contributed by atoms with Gasteiger partial charge in [0.25, 0.3) is 21.6 Å². The van der Waals surface area contributed by atoms with Gasteiger partial charge in [0, 0.05) is 87.8 Å². The Labute approximate surface area is 448 Å². The van der Waals surface area contributed by atoms with Gasteiger partial charge < -0.3 is 39.3 Å². The molecule has 0 radical (unpaired) electrons. The first kappa shape index (κ1) is 52.1. The molecule has 0 unspecified atom stereocenters. The highest BCUT2D eigenvalue weighted by molar-refractivity contribution is 7.90. The summed E-state index contributed by atoms with van der Waals surface area (Å²) in [7, 11) is -3.15. The topological polar surface area (TPSA) is 227 Å². The smallest absolute Gasteiger partial charge is 0.297 e. The number of nitro groups is 1. The number of piperidine rings is 1. The molecule has 1 spiro atoms. The van der Waals surface area contributed by atoms with E-state index in [1.54, 1.807) is 32.4 Å². The standard InChI is InChI=1S/C57H67N9O10S/c1-36(2)43-7-5-6-8-44(43)47-34-63(33-38-9-11-41(73-4)12-10-38)23-24-65(47)40-28-57(29-40)18-21-64(22-19-57)50-27-48(76-42-25-39-15-20-58-54(39)61-31-42)45(32-59-50)55(67)62-77(71,72)49-26-46(66(69)70)51(53-52(49)74-35-75-53)60-30-37-13-16-56(3,68)17-14-37/h5-12,15,20,25-27,31-32,36-37,40,47,60,68H,13-14,16-19,21-24,28-30,33-35H2,1-4H3,(H,58,61)(H,62,67)/t37?,47-,56?/m0/s1. The van der Waals surface area contributed by atoms with Crippen LogP contribution in [0.2, 0.25) is 0 Å². The van der Waals surface area contributed by atoms with Crippen molar-refractivity contribution < 1.29 is 42.2 Å². The van der Waals surface area contributed by atoms with Crippen molar-refractivity contribution in [1.29, 1.82) is 0 Å². The number of hydrogen-bond acceptors (Lipinski definition) is 16. The number of amides is 1. The Morgan fingerprint density at radius 2 is 1.70 bits per heavy atom. The quantitative estimate of drug-likeness (QED) is 0.0523. The predicted octanol–water partition coefficient (Wildman–Crippen LogP) is 9.30. The zero-order valence-electron chi connectivity index (χ0n) is 44.0. The molecular formula is C57H67N9O10S. The Morgan fingerprint density at radius 3 is 2.44 bits per heavy atom. The van der Waals surface area contributed by atoms with Gasteiger partial charge in [0.05, 0.1) is 23.8 Å². The molecule has 20 heteroatoms. The molecule has 6 aromatic rings. The number of aromatic nitrogens is 3. The number of H-pyrrole nitrogens is 1. The summed E-state index contributed by atoms with van der Waals surface area (Å²) in [5, 5.41) is 26.8. The van der Waals surface area contributed by atoms with Gasteiger partial charge in [-0.15, -0.1) is 0 Å². The van der Waals surface area contributed by atoms with Gasteiger partial charge in [-0.1, -0.05) is 50.2 Å². The number of pyridine rings is 2. The number of anilines is 2. The number of piperazine rings is 1. The van der Waals surface area contributed by atoms with Crippen molar-refractivity contribution in [3.05, 3.63) is 124 Å². The summed E-state index contributed by atoms with van der Waals surface area (Å²) in [6.45, 7) is 11.5. The van der Waals surface area contributed by atoms with Crippen LogP contribution in [0.25, 0.3) is 11.0 Å². The lowest BCUT2D eigenvalue weighted by Gasteiger charge is -2.58. The second kappa shape index (κ2) is 21.1. The largest absolute Gasteiger partial charge is 0.497 e. The second-order valence-corrected chi connectivity index (χ2v) is 23.9. The molecule has 4 N–H and O–H groups in total. The molecular weight excluding hydrogens is 1000 g/mol. The lowest BCUT2D eigenvalue weighted by Crippen LogP contribution is -2.60. The Hall–Kier alpha value is -7.00. The van der Waals surface area contributed by atoms with Gasteiger partial charge in [0.2, 0.25) is 6.79 Å². The molecule has 2 aliphatic carbocycles. The third-order valence-corrected chi connectivity index (χ3v) is 18.1. The summed E-state index contributed by atoms with van der Waals surface area (Å²) in [4.78, 5) is 45.3. The fourth-order valence-corrected chi connectivity index (χ4v) is 13.4. The summed E-state index contributed by atoms with van der Waals surface area (Å²) in [5.74, 6) is 0.808. The SMILES string of the molecule is COc1ccc(CN2CCN(C3CC4(CCN(c5cc(Oc6cnc7[nH]ccc7c6)c(C(=O)NS(=O)(=O)c6cc([N+](=O)[O-])c(NCC7CCC(C)(O)CC7)c7c6OCO7)cn5)CC4)C3)[C@H](c3ccccc3C(C)C)C2)cc1. The molecule has 406 valence electrons. The van der Waals surface area contributed by atoms with Crippen LogP contribution in [0.15, 0.2) is 96.3 Å². The minimum atomic E-state index is -4.85. The maximum absolute atomic E-state index is 14.3. The molecule has 77 heavy (non-hydrogen) atoms. The number of nitrogens with zero attached hydrogens (tertiary/aromatic N) is 6. The number of ether oxygens (including phenoxy) is 4. The summed E-state index contributed by atoms with van der Waals surface area (Å²) in [5.41, 5.74) is 3.38. The zero-order valence-corrected chi connectivity index (χ0v) is 44.8. The number of aromatic amines is 1. The molecule has 2 saturated heterocycles. The van der Waals surface area contributed by atoms with Gasteiger partial charge in [-0.25, -0.2) is 23.1 Å². The van der Waals surface area contributed by atoms with Gasteiger partial charge in [-0.3, -0.25) is 24.7 Å². The monoisotopic (exact) mass is 1070 g/mol. The van der Waals surface area contributed by atoms with E-state index in [1.165, 1.54) is 29.1 Å². The van der Waals surface area contributed by atoms with Crippen LogP contribution in [0.3, 0.4) is 0 Å². The van der Waals surface area contributed by atoms with Crippen molar-refractivity contribution in [1.82, 2.24) is 29.5 Å². The maximum Gasteiger partial charge on any atom is 0.297 e. The van der Waals surface area contributed by atoms with E-state index >= 15 is 0 Å². The third kappa shape index (κ3) is 10.8. The van der Waals surface area contributed by atoms with E-state index in [0.29, 0.717) is 61.4 Å². The highest BCUT2D eigenvalue weighted by Gasteiger charge is 2.50. The van der Waals surface area contributed by atoms with Gasteiger partial charge in [0.15, 0.2) is 17.2 Å². The summed E-state index contributed by atoms with van der Waals surface area (Å²) in [6, 6.07) is 24.2. The number of sulfonamides is 1. The summed E-state index contributed by atoms with van der Waals surface area (Å²) < 4.78 is 53.7. The minimum absolute atomic E-state index is 0.0261. The van der Waals surface area contributed by atoms with E-state index in [-0.39, 0.29) is 45.9 Å².